The average Bonchev–Trinajstić information content (AvgIpc) is 2.77. The van der Waals surface area contributed by atoms with E-state index in [1.165, 1.54) is 25.7 Å². The summed E-state index contributed by atoms with van der Waals surface area (Å²) in [6, 6.07) is 0.539. The Morgan fingerprint density at radius 2 is 1.70 bits per heavy atom. The molecule has 0 radical (unpaired) electrons. The second-order valence-electron chi connectivity index (χ2n) is 3.49. The molecule has 0 saturated heterocycles. The van der Waals surface area contributed by atoms with E-state index in [2.05, 4.69) is 5.32 Å². The molecule has 1 amide bonds. The zero-order valence-corrected chi connectivity index (χ0v) is 6.05. The quantitative estimate of drug-likeness (QED) is 0.576. The molecule has 2 saturated carbocycles. The summed E-state index contributed by atoms with van der Waals surface area (Å²) in [4.78, 5) is 10.2. The number of amides is 1. The molecule has 2 aliphatic carbocycles. The van der Waals surface area contributed by atoms with E-state index in [1.54, 1.807) is 0 Å². The number of hydrogen-bond donors (Lipinski definition) is 1. The number of hydrogen-bond acceptors (Lipinski definition) is 1. The Hall–Kier alpha value is -0.530. The van der Waals surface area contributed by atoms with E-state index in [1.807, 2.05) is 0 Å². The first-order chi connectivity index (χ1) is 4.92. The van der Waals surface area contributed by atoms with E-state index in [9.17, 15) is 4.79 Å². The zero-order chi connectivity index (χ0) is 6.97. The highest BCUT2D eigenvalue weighted by molar-refractivity contribution is 5.47. The summed E-state index contributed by atoms with van der Waals surface area (Å²) in [7, 11) is 0. The molecule has 2 aliphatic rings. The van der Waals surface area contributed by atoms with Crippen molar-refractivity contribution in [3.63, 3.8) is 0 Å². The van der Waals surface area contributed by atoms with Crippen LogP contribution in [0.4, 0.5) is 0 Å². The minimum Gasteiger partial charge on any atom is -0.355 e. The summed E-state index contributed by atoms with van der Waals surface area (Å²) >= 11 is 0. The van der Waals surface area contributed by atoms with Gasteiger partial charge in [0.05, 0.1) is 0 Å². The third kappa shape index (κ3) is 1.15. The fourth-order valence-electron chi connectivity index (χ4n) is 1.65. The van der Waals surface area contributed by atoms with Crippen molar-refractivity contribution in [3.8, 4) is 0 Å². The topological polar surface area (TPSA) is 29.1 Å². The summed E-state index contributed by atoms with van der Waals surface area (Å²) in [5.41, 5.74) is 0. The fourth-order valence-corrected chi connectivity index (χ4v) is 1.65. The summed E-state index contributed by atoms with van der Waals surface area (Å²) in [6.07, 6.45) is 6.20. The first-order valence-electron chi connectivity index (χ1n) is 4.11. The van der Waals surface area contributed by atoms with E-state index in [0.29, 0.717) is 6.04 Å². The smallest absolute Gasteiger partial charge is 0.207 e. The molecule has 2 nitrogen and oxygen atoms in total. The highest BCUT2D eigenvalue weighted by Crippen LogP contribution is 2.44. The highest BCUT2D eigenvalue weighted by Gasteiger charge is 2.40. The van der Waals surface area contributed by atoms with Crippen molar-refractivity contribution in [2.75, 3.05) is 0 Å². The molecule has 56 valence electrons. The summed E-state index contributed by atoms with van der Waals surface area (Å²) in [5.74, 6) is 1.66. The first kappa shape index (κ1) is 6.20. The normalized spacial score (nSPS) is 24.9. The Labute approximate surface area is 61.0 Å². The van der Waals surface area contributed by atoms with Crippen molar-refractivity contribution in [2.24, 2.45) is 11.8 Å². The molecule has 0 unspecified atom stereocenters. The van der Waals surface area contributed by atoms with Crippen molar-refractivity contribution in [1.82, 2.24) is 5.32 Å². The number of nitrogens with one attached hydrogen (secondary N) is 1. The Bertz CT molecular complexity index is 126. The van der Waals surface area contributed by atoms with Crippen LogP contribution in [0, 0.1) is 11.8 Å². The molecule has 2 fully saturated rings. The molecule has 0 heterocycles. The lowest BCUT2D eigenvalue weighted by Crippen LogP contribution is -2.31. The fraction of sp³-hybridized carbons (Fsp3) is 0.875. The van der Waals surface area contributed by atoms with Crippen LogP contribution < -0.4 is 5.32 Å². The number of rotatable bonds is 4. The van der Waals surface area contributed by atoms with E-state index in [0.717, 1.165) is 18.2 Å². The lowest BCUT2D eigenvalue weighted by molar-refractivity contribution is -0.110. The van der Waals surface area contributed by atoms with Crippen LogP contribution in [-0.4, -0.2) is 12.5 Å². The maximum Gasteiger partial charge on any atom is 0.207 e. The predicted octanol–water partition coefficient (Wildman–Crippen LogP) is 0.921. The van der Waals surface area contributed by atoms with Crippen LogP contribution in [0.3, 0.4) is 0 Å². The third-order valence-electron chi connectivity index (χ3n) is 2.52. The molecule has 0 aromatic heterocycles. The summed E-state index contributed by atoms with van der Waals surface area (Å²) in [5, 5.41) is 2.93. The molecule has 0 bridgehead atoms. The van der Waals surface area contributed by atoms with Gasteiger partial charge in [-0.1, -0.05) is 0 Å². The molecule has 0 atom stereocenters. The lowest BCUT2D eigenvalue weighted by Gasteiger charge is -2.12. The Morgan fingerprint density at radius 1 is 1.20 bits per heavy atom. The molecule has 0 spiro atoms. The van der Waals surface area contributed by atoms with Crippen molar-refractivity contribution in [2.45, 2.75) is 31.7 Å². The van der Waals surface area contributed by atoms with Gasteiger partial charge in [-0.2, -0.15) is 0 Å². The van der Waals surface area contributed by atoms with Gasteiger partial charge in [-0.3, -0.25) is 4.79 Å². The van der Waals surface area contributed by atoms with Gasteiger partial charge < -0.3 is 5.32 Å². The van der Waals surface area contributed by atoms with Crippen molar-refractivity contribution >= 4 is 6.41 Å². The van der Waals surface area contributed by atoms with Crippen LogP contribution in [0.15, 0.2) is 0 Å². The van der Waals surface area contributed by atoms with Crippen LogP contribution in [0.25, 0.3) is 0 Å². The standard InChI is InChI=1S/C8H13NO/c10-5-9-8(6-1-2-6)7-3-4-7/h5-8H,1-4H2,(H,9,10). The van der Waals surface area contributed by atoms with Crippen LogP contribution in [0.2, 0.25) is 0 Å². The van der Waals surface area contributed by atoms with Crippen LogP contribution in [0.1, 0.15) is 25.7 Å². The van der Waals surface area contributed by atoms with Gasteiger partial charge in [0.25, 0.3) is 0 Å². The minimum absolute atomic E-state index is 0.539. The maximum absolute atomic E-state index is 10.2. The van der Waals surface area contributed by atoms with Gasteiger partial charge in [-0.25, -0.2) is 0 Å². The predicted molar refractivity (Wildman–Crippen MR) is 38.4 cm³/mol. The van der Waals surface area contributed by atoms with Gasteiger partial charge in [0.15, 0.2) is 0 Å². The van der Waals surface area contributed by atoms with E-state index in [4.69, 9.17) is 0 Å². The molecule has 2 rings (SSSR count). The second-order valence-corrected chi connectivity index (χ2v) is 3.49. The van der Waals surface area contributed by atoms with Gasteiger partial charge in [-0.15, -0.1) is 0 Å². The molecule has 2 heteroatoms. The molecule has 1 N–H and O–H groups in total. The molecular formula is C8H13NO. The highest BCUT2D eigenvalue weighted by atomic mass is 16.1. The molecule has 0 aromatic rings. The Kier molecular flexibility index (Phi) is 1.40. The molecular weight excluding hydrogens is 126 g/mol. The van der Waals surface area contributed by atoms with Crippen molar-refractivity contribution in [3.05, 3.63) is 0 Å². The number of carbonyl (C=O) groups excluding carboxylic acids is 1. The van der Waals surface area contributed by atoms with Gasteiger partial charge in [-0.05, 0) is 37.5 Å². The molecule has 0 aliphatic heterocycles. The summed E-state index contributed by atoms with van der Waals surface area (Å²) in [6.45, 7) is 0. The van der Waals surface area contributed by atoms with Gasteiger partial charge in [0.1, 0.15) is 0 Å². The Morgan fingerprint density at radius 3 is 2.00 bits per heavy atom. The van der Waals surface area contributed by atoms with Gasteiger partial charge in [0, 0.05) is 6.04 Å². The molecule has 0 aromatic carbocycles. The van der Waals surface area contributed by atoms with E-state index in [-0.39, 0.29) is 0 Å². The van der Waals surface area contributed by atoms with Gasteiger partial charge >= 0.3 is 0 Å². The second kappa shape index (κ2) is 2.26. The zero-order valence-electron chi connectivity index (χ0n) is 6.05. The lowest BCUT2D eigenvalue weighted by atomic mass is 10.1. The minimum atomic E-state index is 0.539. The largest absolute Gasteiger partial charge is 0.355 e. The number of carbonyl (C=O) groups is 1. The first-order valence-corrected chi connectivity index (χ1v) is 4.11. The van der Waals surface area contributed by atoms with Gasteiger partial charge in [0.2, 0.25) is 6.41 Å². The van der Waals surface area contributed by atoms with Crippen LogP contribution in [0.5, 0.6) is 0 Å². The van der Waals surface area contributed by atoms with E-state index < -0.39 is 0 Å². The SMILES string of the molecule is O=CNC(C1CC1)C1CC1. The van der Waals surface area contributed by atoms with Crippen LogP contribution >= 0.6 is 0 Å². The maximum atomic E-state index is 10.2. The van der Waals surface area contributed by atoms with Crippen molar-refractivity contribution < 1.29 is 4.79 Å². The average molecular weight is 139 g/mol. The van der Waals surface area contributed by atoms with E-state index >= 15 is 0 Å². The monoisotopic (exact) mass is 139 g/mol. The van der Waals surface area contributed by atoms with Crippen molar-refractivity contribution in [1.29, 1.82) is 0 Å². The Balaban J connectivity index is 1.85. The molecule has 10 heavy (non-hydrogen) atoms. The van der Waals surface area contributed by atoms with Crippen LogP contribution in [-0.2, 0) is 4.79 Å². The third-order valence-corrected chi connectivity index (χ3v) is 2.52. The summed E-state index contributed by atoms with van der Waals surface area (Å²) < 4.78 is 0.